The number of carbonyl (C=O) groups excluding carboxylic acids is 1. The number of fused-ring (bicyclic) bond motifs is 2. The van der Waals surface area contributed by atoms with E-state index in [9.17, 15) is 9.59 Å². The van der Waals surface area contributed by atoms with Gasteiger partial charge in [0.25, 0.3) is 5.91 Å². The number of para-hydroxylation sites is 2. The summed E-state index contributed by atoms with van der Waals surface area (Å²) in [5.74, 6) is 1.45. The maximum Gasteiger partial charge on any atom is 0.326 e. The lowest BCUT2D eigenvalue weighted by Gasteiger charge is -2.33. The van der Waals surface area contributed by atoms with E-state index in [4.69, 9.17) is 4.74 Å². The van der Waals surface area contributed by atoms with E-state index in [2.05, 4.69) is 30.2 Å². The summed E-state index contributed by atoms with van der Waals surface area (Å²) in [5, 5.41) is 2.93. The summed E-state index contributed by atoms with van der Waals surface area (Å²) in [6.45, 7) is 1.78. The van der Waals surface area contributed by atoms with Gasteiger partial charge in [-0.3, -0.25) is 9.36 Å². The number of nitrogens with one attached hydrogen (secondary N) is 2. The molecule has 194 valence electrons. The van der Waals surface area contributed by atoms with E-state index in [1.165, 1.54) is 6.33 Å². The van der Waals surface area contributed by atoms with E-state index in [1.807, 2.05) is 53.1 Å². The van der Waals surface area contributed by atoms with Crippen molar-refractivity contribution in [3.05, 3.63) is 76.7 Å². The summed E-state index contributed by atoms with van der Waals surface area (Å²) >= 11 is 0. The number of piperidine rings is 1. The lowest BCUT2D eigenvalue weighted by atomic mass is 10.0. The Hall–Kier alpha value is -4.67. The Balaban J connectivity index is 1.20. The molecule has 11 nitrogen and oxygen atoms in total. The third kappa shape index (κ3) is 4.15. The molecule has 4 heterocycles. The van der Waals surface area contributed by atoms with E-state index in [1.54, 1.807) is 18.7 Å². The molecule has 1 amide bonds. The number of rotatable bonds is 6. The van der Waals surface area contributed by atoms with Crippen molar-refractivity contribution >= 4 is 33.9 Å². The average Bonchev–Trinajstić information content (AvgIpc) is 3.48. The molecule has 11 heteroatoms. The van der Waals surface area contributed by atoms with Crippen LogP contribution in [0, 0.1) is 0 Å². The highest BCUT2D eigenvalue weighted by molar-refractivity contribution is 5.96. The van der Waals surface area contributed by atoms with Gasteiger partial charge in [-0.15, -0.1) is 0 Å². The lowest BCUT2D eigenvalue weighted by Crippen LogP contribution is -2.37. The fourth-order valence-corrected chi connectivity index (χ4v) is 5.20. The van der Waals surface area contributed by atoms with Crippen LogP contribution in [0.25, 0.3) is 22.2 Å². The molecule has 3 aromatic heterocycles. The van der Waals surface area contributed by atoms with Crippen LogP contribution < -0.4 is 20.6 Å². The Bertz CT molecular complexity index is 1680. The van der Waals surface area contributed by atoms with Crippen molar-refractivity contribution in [2.75, 3.05) is 25.1 Å². The number of aromatic amines is 1. The first-order valence-electron chi connectivity index (χ1n) is 12.6. The third-order valence-corrected chi connectivity index (χ3v) is 7.21. The third-order valence-electron chi connectivity index (χ3n) is 7.21. The van der Waals surface area contributed by atoms with Crippen molar-refractivity contribution in [3.63, 3.8) is 0 Å². The van der Waals surface area contributed by atoms with Crippen LogP contribution in [0.4, 0.5) is 5.82 Å². The van der Waals surface area contributed by atoms with Gasteiger partial charge < -0.3 is 24.5 Å². The summed E-state index contributed by atoms with van der Waals surface area (Å²) in [4.78, 5) is 44.4. The van der Waals surface area contributed by atoms with Gasteiger partial charge in [0, 0.05) is 32.7 Å². The predicted octanol–water partition coefficient (Wildman–Crippen LogP) is 2.79. The summed E-state index contributed by atoms with van der Waals surface area (Å²) in [5.41, 5.74) is 3.84. The molecular formula is C27H28N8O3. The Morgan fingerprint density at radius 1 is 1.11 bits per heavy atom. The van der Waals surface area contributed by atoms with Crippen molar-refractivity contribution in [1.29, 1.82) is 0 Å². The van der Waals surface area contributed by atoms with Gasteiger partial charge in [0.2, 0.25) is 5.82 Å². The zero-order valence-electron chi connectivity index (χ0n) is 21.2. The Labute approximate surface area is 218 Å². The van der Waals surface area contributed by atoms with Crippen LogP contribution in [0.15, 0.2) is 59.7 Å². The van der Waals surface area contributed by atoms with Gasteiger partial charge in [-0.1, -0.05) is 24.3 Å². The fourth-order valence-electron chi connectivity index (χ4n) is 5.20. The number of amides is 1. The summed E-state index contributed by atoms with van der Waals surface area (Å²) in [6.07, 6.45) is 3.08. The molecule has 0 bridgehead atoms. The number of methoxy groups -OCH3 is 1. The van der Waals surface area contributed by atoms with Gasteiger partial charge in [-0.2, -0.15) is 0 Å². The van der Waals surface area contributed by atoms with Crippen molar-refractivity contribution in [1.82, 2.24) is 34.4 Å². The first-order chi connectivity index (χ1) is 18.5. The van der Waals surface area contributed by atoms with Gasteiger partial charge in [0.05, 0.1) is 18.1 Å². The van der Waals surface area contributed by atoms with Crippen molar-refractivity contribution in [2.24, 2.45) is 7.05 Å². The van der Waals surface area contributed by atoms with E-state index in [0.29, 0.717) is 36.6 Å². The second-order valence-electron chi connectivity index (χ2n) is 9.43. The highest BCUT2D eigenvalue weighted by atomic mass is 16.5. The van der Waals surface area contributed by atoms with Crippen LogP contribution in [0.3, 0.4) is 0 Å². The summed E-state index contributed by atoms with van der Waals surface area (Å²) < 4.78 is 8.75. The van der Waals surface area contributed by atoms with E-state index in [0.717, 1.165) is 35.2 Å². The molecule has 0 atom stereocenters. The van der Waals surface area contributed by atoms with Crippen LogP contribution >= 0.6 is 0 Å². The second kappa shape index (κ2) is 9.66. The van der Waals surface area contributed by atoms with Gasteiger partial charge in [-0.25, -0.2) is 19.7 Å². The largest absolute Gasteiger partial charge is 0.497 e. The number of H-pyrrole nitrogens is 1. The lowest BCUT2D eigenvalue weighted by molar-refractivity contribution is 0.0938. The van der Waals surface area contributed by atoms with Crippen LogP contribution in [-0.4, -0.2) is 55.2 Å². The van der Waals surface area contributed by atoms with Crippen LogP contribution in [0.5, 0.6) is 5.75 Å². The number of carbonyl (C=O) groups is 1. The van der Waals surface area contributed by atoms with E-state index >= 15 is 0 Å². The number of imidazole rings is 2. The Kier molecular flexibility index (Phi) is 6.02. The molecule has 1 aliphatic rings. The molecule has 1 saturated heterocycles. The molecule has 0 spiro atoms. The minimum Gasteiger partial charge on any atom is -0.497 e. The molecule has 0 aliphatic carbocycles. The highest BCUT2D eigenvalue weighted by Gasteiger charge is 2.27. The predicted molar refractivity (Wildman–Crippen MR) is 144 cm³/mol. The number of hydrogen-bond acceptors (Lipinski definition) is 7. The minimum absolute atomic E-state index is 0.0795. The molecule has 1 aliphatic heterocycles. The maximum atomic E-state index is 13.0. The zero-order chi connectivity index (χ0) is 26.2. The normalized spacial score (nSPS) is 14.3. The summed E-state index contributed by atoms with van der Waals surface area (Å²) in [6, 6.07) is 15.4. The van der Waals surface area contributed by atoms with E-state index in [-0.39, 0.29) is 23.5 Å². The molecule has 5 aromatic rings. The SMILES string of the molecule is COc1ccc(CNC(=O)c2nc3c(N4CCC(n5c(=O)[nH]c6ccccc65)CC4)ncnc3n2C)cc1. The Morgan fingerprint density at radius 2 is 1.87 bits per heavy atom. The number of aromatic nitrogens is 6. The monoisotopic (exact) mass is 512 g/mol. The maximum absolute atomic E-state index is 13.0. The molecule has 1 fully saturated rings. The average molecular weight is 513 g/mol. The zero-order valence-corrected chi connectivity index (χ0v) is 21.2. The first-order valence-corrected chi connectivity index (χ1v) is 12.6. The molecule has 0 unspecified atom stereocenters. The number of nitrogens with zero attached hydrogens (tertiary/aromatic N) is 6. The van der Waals surface area contributed by atoms with Crippen LogP contribution in [0.1, 0.15) is 35.1 Å². The molecular weight excluding hydrogens is 484 g/mol. The van der Waals surface area contributed by atoms with Crippen molar-refractivity contribution in [3.8, 4) is 5.75 Å². The van der Waals surface area contributed by atoms with Gasteiger partial charge in [-0.05, 0) is 42.7 Å². The number of benzene rings is 2. The number of aryl methyl sites for hydroxylation is 1. The molecule has 2 N–H and O–H groups in total. The minimum atomic E-state index is -0.287. The second-order valence-corrected chi connectivity index (χ2v) is 9.43. The van der Waals surface area contributed by atoms with Gasteiger partial charge in [0.15, 0.2) is 17.0 Å². The van der Waals surface area contributed by atoms with Crippen LogP contribution in [-0.2, 0) is 13.6 Å². The topological polar surface area (TPSA) is 123 Å². The Morgan fingerprint density at radius 3 is 2.63 bits per heavy atom. The smallest absolute Gasteiger partial charge is 0.326 e. The fraction of sp³-hybridized carbons (Fsp3) is 0.296. The summed E-state index contributed by atoms with van der Waals surface area (Å²) in [7, 11) is 3.40. The first kappa shape index (κ1) is 23.7. The number of hydrogen-bond donors (Lipinski definition) is 2. The molecule has 38 heavy (non-hydrogen) atoms. The van der Waals surface area contributed by atoms with Crippen LogP contribution in [0.2, 0.25) is 0 Å². The van der Waals surface area contributed by atoms with Crippen molar-refractivity contribution in [2.45, 2.75) is 25.4 Å². The number of ether oxygens (including phenoxy) is 1. The van der Waals surface area contributed by atoms with Crippen molar-refractivity contribution < 1.29 is 9.53 Å². The standard InChI is InChI=1S/C27H28N8O3/c1-33-23-22(32-25(33)26(36)28-15-17-7-9-19(38-2)10-8-17)24(30-16-29-23)34-13-11-18(12-14-34)35-21-6-4-3-5-20(21)31-27(35)37/h3-10,16,18H,11-15H2,1-2H3,(H,28,36)(H,31,37). The molecule has 6 rings (SSSR count). The molecule has 0 saturated carbocycles. The number of anilines is 1. The van der Waals surface area contributed by atoms with Gasteiger partial charge >= 0.3 is 5.69 Å². The molecule has 0 radical (unpaired) electrons. The van der Waals surface area contributed by atoms with E-state index < -0.39 is 0 Å². The quantitative estimate of drug-likeness (QED) is 0.359. The highest BCUT2D eigenvalue weighted by Crippen LogP contribution is 2.30. The molecule has 2 aromatic carbocycles. The van der Waals surface area contributed by atoms with Gasteiger partial charge in [0.1, 0.15) is 12.1 Å².